The van der Waals surface area contributed by atoms with Gasteiger partial charge in [0.2, 0.25) is 0 Å². The predicted molar refractivity (Wildman–Crippen MR) is 111 cm³/mol. The average Bonchev–Trinajstić information content (AvgIpc) is 3.23. The van der Waals surface area contributed by atoms with Crippen LogP contribution in [0.1, 0.15) is 43.6 Å². The van der Waals surface area contributed by atoms with Crippen LogP contribution < -0.4 is 4.74 Å². The van der Waals surface area contributed by atoms with E-state index >= 15 is 0 Å². The maximum Gasteiger partial charge on any atom is 0.160 e. The lowest BCUT2D eigenvalue weighted by Gasteiger charge is -2.32. The molecule has 1 aromatic carbocycles. The van der Waals surface area contributed by atoms with E-state index in [0.29, 0.717) is 12.6 Å². The minimum absolute atomic E-state index is 0.0124. The molecule has 2 aromatic rings. The molecule has 0 spiro atoms. The molecule has 3 unspecified atom stereocenters. The lowest BCUT2D eigenvalue weighted by molar-refractivity contribution is 0.245. The Morgan fingerprint density at radius 2 is 2.15 bits per heavy atom. The molecule has 1 fully saturated rings. The fourth-order valence-corrected chi connectivity index (χ4v) is 5.44. The highest BCUT2D eigenvalue weighted by atomic mass is 79.9. The van der Waals surface area contributed by atoms with E-state index in [2.05, 4.69) is 50.9 Å². The largest absolute Gasteiger partial charge is 0.494 e. The number of hydrogen-bond acceptors (Lipinski definition) is 5. The molecule has 136 valence electrons. The molecule has 2 aliphatic rings. The molecule has 6 heteroatoms. The summed E-state index contributed by atoms with van der Waals surface area (Å²) in [5.74, 6) is 2.03. The quantitative estimate of drug-likeness (QED) is 0.649. The first-order valence-electron chi connectivity index (χ1n) is 9.05. The smallest absolute Gasteiger partial charge is 0.160 e. The molecule has 0 saturated carbocycles. The van der Waals surface area contributed by atoms with E-state index in [9.17, 15) is 0 Å². The minimum Gasteiger partial charge on any atom is -0.494 e. The van der Waals surface area contributed by atoms with Gasteiger partial charge in [-0.3, -0.25) is 9.98 Å². The van der Waals surface area contributed by atoms with E-state index in [1.54, 1.807) is 0 Å². The maximum atomic E-state index is 5.98. The molecule has 0 aliphatic carbocycles. The van der Waals surface area contributed by atoms with Crippen LogP contribution in [0.2, 0.25) is 0 Å². The number of nitrogens with zero attached hydrogens (tertiary/aromatic N) is 3. The third-order valence-corrected chi connectivity index (χ3v) is 6.54. The normalized spacial score (nSPS) is 24.5. The van der Waals surface area contributed by atoms with Crippen molar-refractivity contribution >= 4 is 32.9 Å². The van der Waals surface area contributed by atoms with Crippen LogP contribution in [0.25, 0.3) is 0 Å². The molecule has 1 saturated heterocycles. The molecule has 0 bridgehead atoms. The highest BCUT2D eigenvalue weighted by Gasteiger charge is 2.46. The van der Waals surface area contributed by atoms with Gasteiger partial charge in [0.05, 0.1) is 18.3 Å². The van der Waals surface area contributed by atoms with Gasteiger partial charge in [-0.05, 0) is 43.7 Å². The molecule has 0 amide bonds. The summed E-state index contributed by atoms with van der Waals surface area (Å²) in [5.41, 5.74) is 2.19. The third kappa shape index (κ3) is 3.14. The number of amidine groups is 1. The van der Waals surface area contributed by atoms with Crippen molar-refractivity contribution in [2.75, 3.05) is 12.4 Å². The highest BCUT2D eigenvalue weighted by molar-refractivity contribution is 9.10. The summed E-state index contributed by atoms with van der Waals surface area (Å²) in [4.78, 5) is 12.2. The summed E-state index contributed by atoms with van der Waals surface area (Å²) < 4.78 is 7.04. The molecule has 4 nitrogen and oxygen atoms in total. The Morgan fingerprint density at radius 3 is 2.88 bits per heavy atom. The Balaban J connectivity index is 1.84. The molecular weight excluding hydrogens is 410 g/mol. The summed E-state index contributed by atoms with van der Waals surface area (Å²) in [6.07, 6.45) is 2.96. The fraction of sp³-hybridized carbons (Fsp3) is 0.400. The average molecular weight is 432 g/mol. The van der Waals surface area contributed by atoms with Crippen molar-refractivity contribution in [3.05, 3.63) is 58.3 Å². The van der Waals surface area contributed by atoms with E-state index < -0.39 is 0 Å². The monoisotopic (exact) mass is 431 g/mol. The zero-order valence-corrected chi connectivity index (χ0v) is 17.3. The topological polar surface area (TPSA) is 37.7 Å². The van der Waals surface area contributed by atoms with Crippen molar-refractivity contribution in [1.82, 2.24) is 9.88 Å². The number of benzene rings is 1. The van der Waals surface area contributed by atoms with Crippen molar-refractivity contribution in [2.24, 2.45) is 4.99 Å². The van der Waals surface area contributed by atoms with Crippen LogP contribution in [0.4, 0.5) is 0 Å². The van der Waals surface area contributed by atoms with Crippen molar-refractivity contribution in [3.8, 4) is 5.75 Å². The molecule has 26 heavy (non-hydrogen) atoms. The molecule has 0 radical (unpaired) electrons. The van der Waals surface area contributed by atoms with Crippen LogP contribution in [-0.4, -0.2) is 33.5 Å². The number of ether oxygens (including phenoxy) is 1. The molecule has 3 atom stereocenters. The zero-order valence-electron chi connectivity index (χ0n) is 14.9. The first kappa shape index (κ1) is 17.9. The van der Waals surface area contributed by atoms with Crippen LogP contribution in [0.3, 0.4) is 0 Å². The van der Waals surface area contributed by atoms with Gasteiger partial charge in [-0.15, -0.1) is 0 Å². The molecular formula is C20H22BrN3OS. The number of halogens is 1. The number of hydrogen-bond donors (Lipinski definition) is 0. The van der Waals surface area contributed by atoms with Crippen molar-refractivity contribution in [3.63, 3.8) is 0 Å². The van der Waals surface area contributed by atoms with Gasteiger partial charge in [-0.25, -0.2) is 0 Å². The second-order valence-corrected chi connectivity index (χ2v) is 8.35. The first-order valence-corrected chi connectivity index (χ1v) is 10.8. The summed E-state index contributed by atoms with van der Waals surface area (Å²) in [6, 6.07) is 12.9. The maximum absolute atomic E-state index is 5.98. The van der Waals surface area contributed by atoms with Gasteiger partial charge in [0.25, 0.3) is 0 Å². The Bertz CT molecular complexity index is 814. The van der Waals surface area contributed by atoms with Crippen molar-refractivity contribution in [2.45, 2.75) is 38.4 Å². The molecule has 4 rings (SSSR count). The van der Waals surface area contributed by atoms with Crippen molar-refractivity contribution in [1.29, 1.82) is 0 Å². The number of aliphatic imine (C=N–C) groups is 1. The predicted octanol–water partition coefficient (Wildman–Crippen LogP) is 5.22. The number of rotatable bonds is 5. The Morgan fingerprint density at radius 1 is 1.27 bits per heavy atom. The standard InChI is InChI=1S/C20H22BrN3OS/c1-3-14-12-26-20-23-18(16-7-5-6-10-22-16)19(24(14)20)15-11-13(21)8-9-17(15)25-4-2/h5-11,14,18-19H,3-4,12H2,1-2H3. The minimum atomic E-state index is -0.0124. The second kappa shape index (κ2) is 7.61. The van der Waals surface area contributed by atoms with Gasteiger partial charge >= 0.3 is 0 Å². The van der Waals surface area contributed by atoms with Gasteiger partial charge < -0.3 is 9.64 Å². The van der Waals surface area contributed by atoms with Crippen LogP contribution >= 0.6 is 27.7 Å². The van der Waals surface area contributed by atoms with E-state index in [0.717, 1.165) is 33.3 Å². The summed E-state index contributed by atoms with van der Waals surface area (Å²) >= 11 is 5.50. The van der Waals surface area contributed by atoms with Crippen LogP contribution in [0.5, 0.6) is 5.75 Å². The number of aromatic nitrogens is 1. The van der Waals surface area contributed by atoms with Gasteiger partial charge in [-0.1, -0.05) is 40.7 Å². The number of thioether (sulfide) groups is 1. The van der Waals surface area contributed by atoms with Gasteiger partial charge in [0, 0.05) is 28.0 Å². The van der Waals surface area contributed by atoms with E-state index in [1.165, 1.54) is 5.56 Å². The van der Waals surface area contributed by atoms with Gasteiger partial charge in [0.1, 0.15) is 11.8 Å². The second-order valence-electron chi connectivity index (χ2n) is 6.45. The van der Waals surface area contributed by atoms with Crippen LogP contribution in [-0.2, 0) is 0 Å². The van der Waals surface area contributed by atoms with E-state index in [4.69, 9.17) is 9.73 Å². The lowest BCUT2D eigenvalue weighted by atomic mass is 9.94. The summed E-state index contributed by atoms with van der Waals surface area (Å²) in [7, 11) is 0. The van der Waals surface area contributed by atoms with Crippen molar-refractivity contribution < 1.29 is 4.74 Å². The van der Waals surface area contributed by atoms with Crippen LogP contribution in [0.15, 0.2) is 52.1 Å². The van der Waals surface area contributed by atoms with E-state index in [1.807, 2.05) is 43.1 Å². The lowest BCUT2D eigenvalue weighted by Crippen LogP contribution is -2.35. The fourth-order valence-electron chi connectivity index (χ4n) is 3.72. The summed E-state index contributed by atoms with van der Waals surface area (Å²) in [6.45, 7) is 4.93. The Labute approximate surface area is 167 Å². The zero-order chi connectivity index (χ0) is 18.1. The SMILES string of the molecule is CCOc1ccc(Br)cc1C1C(c2ccccn2)N=C2SCC(CC)N21. The van der Waals surface area contributed by atoms with Gasteiger partial charge in [0.15, 0.2) is 5.17 Å². The Hall–Kier alpha value is -1.53. The number of fused-ring (bicyclic) bond motifs is 1. The molecule has 0 N–H and O–H groups in total. The van der Waals surface area contributed by atoms with Gasteiger partial charge in [-0.2, -0.15) is 0 Å². The Kier molecular flexibility index (Phi) is 5.23. The molecule has 3 heterocycles. The van der Waals surface area contributed by atoms with E-state index in [-0.39, 0.29) is 12.1 Å². The molecule has 1 aromatic heterocycles. The molecule has 2 aliphatic heterocycles. The van der Waals surface area contributed by atoms with Crippen LogP contribution in [0, 0.1) is 0 Å². The summed E-state index contributed by atoms with van der Waals surface area (Å²) in [5, 5.41) is 1.14. The third-order valence-electron chi connectivity index (χ3n) is 4.92. The first-order chi connectivity index (χ1) is 12.7. The highest BCUT2D eigenvalue weighted by Crippen LogP contribution is 2.50. The number of pyridine rings is 1.